The number of nitrogen functional groups attached to an aromatic ring is 1. The SMILES string of the molecule is CC#CCSc1nccnc1N. The first-order chi connectivity index (χ1) is 5.84. The Bertz CT molecular complexity index is 314. The van der Waals surface area contributed by atoms with Crippen LogP contribution in [0.5, 0.6) is 0 Å². The van der Waals surface area contributed by atoms with Gasteiger partial charge in [0.2, 0.25) is 0 Å². The molecule has 3 nitrogen and oxygen atoms in total. The minimum Gasteiger partial charge on any atom is -0.381 e. The van der Waals surface area contributed by atoms with Crippen molar-refractivity contribution >= 4 is 17.6 Å². The number of hydrogen-bond acceptors (Lipinski definition) is 4. The summed E-state index contributed by atoms with van der Waals surface area (Å²) < 4.78 is 0. The molecule has 1 aromatic rings. The Morgan fingerprint density at radius 2 is 2.25 bits per heavy atom. The predicted octanol–water partition coefficient (Wildman–Crippen LogP) is 1.17. The molecular weight excluding hydrogens is 170 g/mol. The van der Waals surface area contributed by atoms with Gasteiger partial charge in [-0.2, -0.15) is 0 Å². The fraction of sp³-hybridized carbons (Fsp3) is 0.250. The summed E-state index contributed by atoms with van der Waals surface area (Å²) in [5, 5.41) is 0.750. The average Bonchev–Trinajstić information content (AvgIpc) is 2.09. The van der Waals surface area contributed by atoms with Crippen LogP contribution >= 0.6 is 11.8 Å². The molecule has 0 spiro atoms. The summed E-state index contributed by atoms with van der Waals surface area (Å²) in [6.07, 6.45) is 3.20. The lowest BCUT2D eigenvalue weighted by Crippen LogP contribution is -1.94. The third kappa shape index (κ3) is 2.44. The van der Waals surface area contributed by atoms with Crippen molar-refractivity contribution < 1.29 is 0 Å². The summed E-state index contributed by atoms with van der Waals surface area (Å²) in [4.78, 5) is 7.96. The minimum atomic E-state index is 0.473. The first kappa shape index (κ1) is 8.88. The van der Waals surface area contributed by atoms with E-state index in [1.165, 1.54) is 11.8 Å². The molecule has 0 saturated carbocycles. The molecule has 0 saturated heterocycles. The Kier molecular flexibility index (Phi) is 3.42. The van der Waals surface area contributed by atoms with Gasteiger partial charge in [-0.3, -0.25) is 0 Å². The van der Waals surface area contributed by atoms with Gasteiger partial charge in [0, 0.05) is 12.4 Å². The lowest BCUT2D eigenvalue weighted by atomic mass is 10.7. The van der Waals surface area contributed by atoms with Gasteiger partial charge >= 0.3 is 0 Å². The van der Waals surface area contributed by atoms with E-state index in [1.807, 2.05) is 0 Å². The lowest BCUT2D eigenvalue weighted by molar-refractivity contribution is 1.07. The number of anilines is 1. The third-order valence-corrected chi connectivity index (χ3v) is 2.03. The quantitative estimate of drug-likeness (QED) is 0.547. The zero-order valence-electron chi connectivity index (χ0n) is 6.74. The van der Waals surface area contributed by atoms with E-state index in [2.05, 4.69) is 21.8 Å². The average molecular weight is 179 g/mol. The van der Waals surface area contributed by atoms with Crippen LogP contribution in [-0.2, 0) is 0 Å². The van der Waals surface area contributed by atoms with Crippen LogP contribution in [-0.4, -0.2) is 15.7 Å². The van der Waals surface area contributed by atoms with Gasteiger partial charge in [-0.25, -0.2) is 9.97 Å². The van der Waals surface area contributed by atoms with Crippen LogP contribution in [0, 0.1) is 11.8 Å². The Balaban J connectivity index is 2.61. The highest BCUT2D eigenvalue weighted by molar-refractivity contribution is 7.99. The standard InChI is InChI=1S/C8H9N3S/c1-2-3-6-12-8-7(9)10-4-5-11-8/h4-5H,6H2,1H3,(H2,9,10). The number of nitrogens with zero attached hydrogens (tertiary/aromatic N) is 2. The number of hydrogen-bond donors (Lipinski definition) is 1. The molecule has 1 rings (SSSR count). The van der Waals surface area contributed by atoms with Crippen LogP contribution in [0.1, 0.15) is 6.92 Å². The van der Waals surface area contributed by atoms with E-state index in [9.17, 15) is 0 Å². The van der Waals surface area contributed by atoms with E-state index in [0.29, 0.717) is 11.6 Å². The van der Waals surface area contributed by atoms with Gasteiger partial charge < -0.3 is 5.73 Å². The molecule has 0 aliphatic rings. The fourth-order valence-corrected chi connectivity index (χ4v) is 1.31. The maximum atomic E-state index is 5.56. The van der Waals surface area contributed by atoms with Crippen molar-refractivity contribution in [3.63, 3.8) is 0 Å². The van der Waals surface area contributed by atoms with Crippen LogP contribution < -0.4 is 5.73 Å². The molecule has 62 valence electrons. The molecule has 0 unspecified atom stereocenters. The summed E-state index contributed by atoms with van der Waals surface area (Å²) in [7, 11) is 0. The van der Waals surface area contributed by atoms with Gasteiger partial charge in [0.1, 0.15) is 5.03 Å². The maximum Gasteiger partial charge on any atom is 0.156 e. The second kappa shape index (κ2) is 4.62. The molecular formula is C8H9N3S. The number of nitrogens with two attached hydrogens (primary N) is 1. The Hall–Kier alpha value is -1.21. The van der Waals surface area contributed by atoms with Crippen molar-refractivity contribution in [2.75, 3.05) is 11.5 Å². The van der Waals surface area contributed by atoms with E-state index < -0.39 is 0 Å². The second-order valence-electron chi connectivity index (χ2n) is 1.96. The molecule has 0 aliphatic carbocycles. The Morgan fingerprint density at radius 3 is 2.92 bits per heavy atom. The fourth-order valence-electron chi connectivity index (χ4n) is 0.624. The molecule has 0 bridgehead atoms. The normalized spacial score (nSPS) is 8.75. The van der Waals surface area contributed by atoms with E-state index in [0.717, 1.165) is 5.03 Å². The molecule has 12 heavy (non-hydrogen) atoms. The molecule has 1 heterocycles. The molecule has 0 radical (unpaired) electrons. The van der Waals surface area contributed by atoms with Crippen molar-refractivity contribution in [2.24, 2.45) is 0 Å². The van der Waals surface area contributed by atoms with Gasteiger partial charge in [0.05, 0.1) is 5.75 Å². The molecule has 0 atom stereocenters. The maximum absolute atomic E-state index is 5.56. The highest BCUT2D eigenvalue weighted by Gasteiger charge is 1.98. The van der Waals surface area contributed by atoms with Crippen LogP contribution in [0.3, 0.4) is 0 Å². The zero-order chi connectivity index (χ0) is 8.81. The largest absolute Gasteiger partial charge is 0.381 e. The molecule has 0 fully saturated rings. The van der Waals surface area contributed by atoms with Crippen LogP contribution in [0.15, 0.2) is 17.4 Å². The molecule has 1 aromatic heterocycles. The van der Waals surface area contributed by atoms with Gasteiger partial charge in [-0.15, -0.1) is 5.92 Å². The summed E-state index contributed by atoms with van der Waals surface area (Å²) >= 11 is 1.50. The highest BCUT2D eigenvalue weighted by atomic mass is 32.2. The van der Waals surface area contributed by atoms with Gasteiger partial charge in [-0.1, -0.05) is 17.7 Å². The Labute approximate surface area is 75.8 Å². The van der Waals surface area contributed by atoms with Crippen molar-refractivity contribution in [3.8, 4) is 11.8 Å². The third-order valence-electron chi connectivity index (χ3n) is 1.15. The van der Waals surface area contributed by atoms with E-state index in [-0.39, 0.29) is 0 Å². The van der Waals surface area contributed by atoms with Crippen molar-refractivity contribution in [2.45, 2.75) is 11.9 Å². The van der Waals surface area contributed by atoms with Crippen LogP contribution in [0.25, 0.3) is 0 Å². The lowest BCUT2D eigenvalue weighted by Gasteiger charge is -1.97. The highest BCUT2D eigenvalue weighted by Crippen LogP contribution is 2.18. The van der Waals surface area contributed by atoms with Gasteiger partial charge in [0.25, 0.3) is 0 Å². The van der Waals surface area contributed by atoms with Crippen LogP contribution in [0.4, 0.5) is 5.82 Å². The monoisotopic (exact) mass is 179 g/mol. The zero-order valence-corrected chi connectivity index (χ0v) is 7.56. The van der Waals surface area contributed by atoms with E-state index >= 15 is 0 Å². The van der Waals surface area contributed by atoms with Gasteiger partial charge in [-0.05, 0) is 6.92 Å². The summed E-state index contributed by atoms with van der Waals surface area (Å²) in [6.45, 7) is 1.81. The number of thioether (sulfide) groups is 1. The number of rotatable bonds is 2. The molecule has 0 aromatic carbocycles. The van der Waals surface area contributed by atoms with E-state index in [1.54, 1.807) is 19.3 Å². The first-order valence-corrected chi connectivity index (χ1v) is 4.42. The predicted molar refractivity (Wildman–Crippen MR) is 50.6 cm³/mol. The Morgan fingerprint density at radius 1 is 1.50 bits per heavy atom. The molecule has 0 amide bonds. The molecule has 4 heteroatoms. The minimum absolute atomic E-state index is 0.473. The summed E-state index contributed by atoms with van der Waals surface area (Å²) in [5.41, 5.74) is 5.56. The number of aromatic nitrogens is 2. The molecule has 2 N–H and O–H groups in total. The summed E-state index contributed by atoms with van der Waals surface area (Å²) in [6, 6.07) is 0. The van der Waals surface area contributed by atoms with E-state index in [4.69, 9.17) is 5.73 Å². The first-order valence-electron chi connectivity index (χ1n) is 3.43. The second-order valence-corrected chi connectivity index (χ2v) is 2.93. The topological polar surface area (TPSA) is 51.8 Å². The van der Waals surface area contributed by atoms with Crippen LogP contribution in [0.2, 0.25) is 0 Å². The smallest absolute Gasteiger partial charge is 0.156 e. The van der Waals surface area contributed by atoms with Crippen molar-refractivity contribution in [1.82, 2.24) is 9.97 Å². The van der Waals surface area contributed by atoms with Gasteiger partial charge in [0.15, 0.2) is 5.82 Å². The van der Waals surface area contributed by atoms with Crippen molar-refractivity contribution in [3.05, 3.63) is 12.4 Å². The molecule has 0 aliphatic heterocycles. The summed E-state index contributed by atoms with van der Waals surface area (Å²) in [5.74, 6) is 6.89. The van der Waals surface area contributed by atoms with Crippen molar-refractivity contribution in [1.29, 1.82) is 0 Å².